The van der Waals surface area contributed by atoms with Crippen LogP contribution in [0.4, 0.5) is 0 Å². The van der Waals surface area contributed by atoms with Crippen LogP contribution in [0, 0.1) is 6.92 Å². The highest BCUT2D eigenvalue weighted by molar-refractivity contribution is 7.98. The number of carboxylic acids is 1. The van der Waals surface area contributed by atoms with E-state index in [0.717, 1.165) is 5.56 Å². The van der Waals surface area contributed by atoms with Gasteiger partial charge in [0.15, 0.2) is 6.10 Å². The normalized spacial score (nSPS) is 13.3. The van der Waals surface area contributed by atoms with Crippen LogP contribution >= 0.6 is 11.8 Å². The standard InChI is InChI=1S/C15H21NO4S/c1-10-5-4-6-12(9-10)20-11(2)14(17)16-13(15(18)19)7-8-21-3/h4-6,9,11,13H,7-8H2,1-3H3,(H,16,17)(H,18,19)/t11?,13-/m1/s1. The first-order valence-electron chi connectivity index (χ1n) is 6.69. The van der Waals surface area contributed by atoms with Crippen molar-refractivity contribution in [3.05, 3.63) is 29.8 Å². The molecule has 2 atom stereocenters. The lowest BCUT2D eigenvalue weighted by Gasteiger charge is -2.18. The average molecular weight is 311 g/mol. The summed E-state index contributed by atoms with van der Waals surface area (Å²) in [7, 11) is 0. The Morgan fingerprint density at radius 2 is 2.14 bits per heavy atom. The number of carboxylic acid groups (broad SMARTS) is 1. The SMILES string of the molecule is CSCC[C@@H](NC(=O)C(C)Oc1cccc(C)c1)C(=O)O. The van der Waals surface area contributed by atoms with Crippen molar-refractivity contribution in [1.29, 1.82) is 0 Å². The largest absolute Gasteiger partial charge is 0.481 e. The van der Waals surface area contributed by atoms with E-state index in [0.29, 0.717) is 17.9 Å². The molecule has 21 heavy (non-hydrogen) atoms. The highest BCUT2D eigenvalue weighted by atomic mass is 32.2. The van der Waals surface area contributed by atoms with Gasteiger partial charge in [0.25, 0.3) is 5.91 Å². The van der Waals surface area contributed by atoms with Gasteiger partial charge in [-0.2, -0.15) is 11.8 Å². The molecular weight excluding hydrogens is 290 g/mol. The lowest BCUT2D eigenvalue weighted by Crippen LogP contribution is -2.46. The summed E-state index contributed by atoms with van der Waals surface area (Å²) >= 11 is 1.54. The number of thioether (sulfide) groups is 1. The Hall–Kier alpha value is -1.69. The molecule has 1 rings (SSSR count). The van der Waals surface area contributed by atoms with E-state index in [1.807, 2.05) is 31.4 Å². The molecule has 2 N–H and O–H groups in total. The second-order valence-electron chi connectivity index (χ2n) is 4.76. The van der Waals surface area contributed by atoms with Crippen LogP contribution in [0.3, 0.4) is 0 Å². The summed E-state index contributed by atoms with van der Waals surface area (Å²) in [6.45, 7) is 3.53. The summed E-state index contributed by atoms with van der Waals surface area (Å²) in [6.07, 6.45) is 1.53. The number of rotatable bonds is 8. The first kappa shape index (κ1) is 17.4. The monoisotopic (exact) mass is 311 g/mol. The van der Waals surface area contributed by atoms with Crippen LogP contribution in [0.15, 0.2) is 24.3 Å². The van der Waals surface area contributed by atoms with Gasteiger partial charge >= 0.3 is 5.97 Å². The molecule has 0 fully saturated rings. The molecule has 0 bridgehead atoms. The van der Waals surface area contributed by atoms with Crippen molar-refractivity contribution >= 4 is 23.6 Å². The summed E-state index contributed by atoms with van der Waals surface area (Å²) in [5.74, 6) is -0.191. The van der Waals surface area contributed by atoms with Gasteiger partial charge < -0.3 is 15.2 Å². The number of benzene rings is 1. The molecule has 1 amide bonds. The van der Waals surface area contributed by atoms with Crippen molar-refractivity contribution in [3.63, 3.8) is 0 Å². The van der Waals surface area contributed by atoms with Crippen LogP contribution in [0.5, 0.6) is 5.75 Å². The van der Waals surface area contributed by atoms with E-state index in [2.05, 4.69) is 5.32 Å². The minimum Gasteiger partial charge on any atom is -0.481 e. The van der Waals surface area contributed by atoms with Gasteiger partial charge in [0.05, 0.1) is 0 Å². The van der Waals surface area contributed by atoms with E-state index in [-0.39, 0.29) is 0 Å². The van der Waals surface area contributed by atoms with Crippen LogP contribution < -0.4 is 10.1 Å². The molecule has 0 spiro atoms. The Morgan fingerprint density at radius 3 is 2.71 bits per heavy atom. The number of hydrogen-bond acceptors (Lipinski definition) is 4. The number of hydrogen-bond donors (Lipinski definition) is 2. The summed E-state index contributed by atoms with van der Waals surface area (Å²) in [5, 5.41) is 11.6. The van der Waals surface area contributed by atoms with Crippen molar-refractivity contribution < 1.29 is 19.4 Å². The minimum atomic E-state index is -1.03. The summed E-state index contributed by atoms with van der Waals surface area (Å²) in [5.41, 5.74) is 1.03. The Morgan fingerprint density at radius 1 is 1.43 bits per heavy atom. The average Bonchev–Trinajstić information content (AvgIpc) is 2.42. The van der Waals surface area contributed by atoms with Crippen molar-refractivity contribution in [3.8, 4) is 5.75 Å². The van der Waals surface area contributed by atoms with Gasteiger partial charge in [-0.3, -0.25) is 4.79 Å². The molecule has 0 aliphatic carbocycles. The van der Waals surface area contributed by atoms with Crippen LogP contribution in [-0.4, -0.2) is 41.1 Å². The Balaban J connectivity index is 2.58. The van der Waals surface area contributed by atoms with Crippen LogP contribution in [0.2, 0.25) is 0 Å². The Kier molecular flexibility index (Phi) is 7.08. The molecule has 1 aromatic rings. The fourth-order valence-corrected chi connectivity index (χ4v) is 2.20. The predicted molar refractivity (Wildman–Crippen MR) is 83.8 cm³/mol. The molecule has 0 saturated heterocycles. The van der Waals surface area contributed by atoms with Crippen molar-refractivity contribution in [2.24, 2.45) is 0 Å². The van der Waals surface area contributed by atoms with Gasteiger partial charge in [-0.1, -0.05) is 12.1 Å². The highest BCUT2D eigenvalue weighted by Gasteiger charge is 2.23. The molecule has 0 saturated carbocycles. The maximum absolute atomic E-state index is 12.0. The highest BCUT2D eigenvalue weighted by Crippen LogP contribution is 2.14. The summed E-state index contributed by atoms with van der Waals surface area (Å²) < 4.78 is 5.53. The predicted octanol–water partition coefficient (Wildman–Crippen LogP) is 2.08. The van der Waals surface area contributed by atoms with E-state index in [1.54, 1.807) is 24.8 Å². The zero-order chi connectivity index (χ0) is 15.8. The van der Waals surface area contributed by atoms with Crippen LogP contribution in [-0.2, 0) is 9.59 Å². The van der Waals surface area contributed by atoms with Gasteiger partial charge in [-0.15, -0.1) is 0 Å². The number of carbonyl (C=O) groups is 2. The van der Waals surface area contributed by atoms with Crippen molar-refractivity contribution in [1.82, 2.24) is 5.32 Å². The molecule has 0 radical (unpaired) electrons. The molecule has 0 aliphatic rings. The molecule has 116 valence electrons. The molecule has 6 heteroatoms. The van der Waals surface area contributed by atoms with E-state index in [4.69, 9.17) is 9.84 Å². The van der Waals surface area contributed by atoms with Gasteiger partial charge in [0.1, 0.15) is 11.8 Å². The third-order valence-corrected chi connectivity index (χ3v) is 3.54. The van der Waals surface area contributed by atoms with Crippen molar-refractivity contribution in [2.45, 2.75) is 32.4 Å². The third kappa shape index (κ3) is 6.08. The lowest BCUT2D eigenvalue weighted by molar-refractivity contribution is -0.142. The van der Waals surface area contributed by atoms with Gasteiger partial charge in [-0.25, -0.2) is 4.79 Å². The van der Waals surface area contributed by atoms with E-state index < -0.39 is 24.0 Å². The molecule has 1 aromatic carbocycles. The fourth-order valence-electron chi connectivity index (χ4n) is 1.73. The zero-order valence-corrected chi connectivity index (χ0v) is 13.3. The zero-order valence-electron chi connectivity index (χ0n) is 12.5. The smallest absolute Gasteiger partial charge is 0.326 e. The number of ether oxygens (including phenoxy) is 1. The number of amides is 1. The fraction of sp³-hybridized carbons (Fsp3) is 0.467. The van der Waals surface area contributed by atoms with E-state index >= 15 is 0 Å². The molecule has 5 nitrogen and oxygen atoms in total. The summed E-state index contributed by atoms with van der Waals surface area (Å²) in [6, 6.07) is 6.48. The molecule has 0 heterocycles. The molecule has 0 aliphatic heterocycles. The van der Waals surface area contributed by atoms with Gasteiger partial charge in [-0.05, 0) is 50.0 Å². The van der Waals surface area contributed by atoms with Gasteiger partial charge in [0, 0.05) is 0 Å². The van der Waals surface area contributed by atoms with Crippen molar-refractivity contribution in [2.75, 3.05) is 12.0 Å². The molecule has 0 aromatic heterocycles. The third-order valence-electron chi connectivity index (χ3n) is 2.90. The maximum atomic E-state index is 12.0. The minimum absolute atomic E-state index is 0.388. The number of carbonyl (C=O) groups excluding carboxylic acids is 1. The topological polar surface area (TPSA) is 75.6 Å². The quantitative estimate of drug-likeness (QED) is 0.769. The Bertz CT molecular complexity index is 492. The Labute approximate surface area is 129 Å². The first-order valence-corrected chi connectivity index (χ1v) is 8.09. The van der Waals surface area contributed by atoms with Crippen LogP contribution in [0.1, 0.15) is 18.9 Å². The number of aliphatic carboxylic acids is 1. The van der Waals surface area contributed by atoms with E-state index in [9.17, 15) is 9.59 Å². The van der Waals surface area contributed by atoms with E-state index in [1.165, 1.54) is 0 Å². The first-order chi connectivity index (χ1) is 9.93. The summed E-state index contributed by atoms with van der Waals surface area (Å²) in [4.78, 5) is 23.1. The lowest BCUT2D eigenvalue weighted by atomic mass is 10.2. The van der Waals surface area contributed by atoms with Gasteiger partial charge in [0.2, 0.25) is 0 Å². The molecule has 1 unspecified atom stereocenters. The number of aryl methyl sites for hydroxylation is 1. The maximum Gasteiger partial charge on any atom is 0.326 e. The number of nitrogens with one attached hydrogen (secondary N) is 1. The van der Waals surface area contributed by atoms with Crippen LogP contribution in [0.25, 0.3) is 0 Å². The second-order valence-corrected chi connectivity index (χ2v) is 5.74. The second kappa shape index (κ2) is 8.56. The molecular formula is C15H21NO4S.